The van der Waals surface area contributed by atoms with E-state index in [1.54, 1.807) is 12.1 Å². The maximum absolute atomic E-state index is 12.6. The lowest BCUT2D eigenvalue weighted by Crippen LogP contribution is -2.48. The Hall–Kier alpha value is -2.82. The van der Waals surface area contributed by atoms with Crippen molar-refractivity contribution >= 4 is 17.6 Å². The SMILES string of the molecule is CC(C)c1ccc(N2CCN(C(=O)c3ccc(C(=O)[O-])cc3)CC2)cc1. The Morgan fingerprint density at radius 3 is 1.88 bits per heavy atom. The van der Waals surface area contributed by atoms with Gasteiger partial charge in [-0.2, -0.15) is 0 Å². The third kappa shape index (κ3) is 3.87. The first-order valence-corrected chi connectivity index (χ1v) is 8.91. The van der Waals surface area contributed by atoms with E-state index in [0.717, 1.165) is 13.1 Å². The monoisotopic (exact) mass is 351 g/mol. The molecular formula is C21H23N2O3-. The van der Waals surface area contributed by atoms with Crippen molar-refractivity contribution in [3.8, 4) is 0 Å². The van der Waals surface area contributed by atoms with Gasteiger partial charge in [0.05, 0.1) is 5.97 Å². The van der Waals surface area contributed by atoms with Crippen LogP contribution in [-0.2, 0) is 0 Å². The Morgan fingerprint density at radius 2 is 1.38 bits per heavy atom. The fraction of sp³-hybridized carbons (Fsp3) is 0.333. The minimum atomic E-state index is -1.24. The van der Waals surface area contributed by atoms with Gasteiger partial charge in [-0.3, -0.25) is 4.79 Å². The molecule has 3 rings (SSSR count). The third-order valence-corrected chi connectivity index (χ3v) is 4.86. The highest BCUT2D eigenvalue weighted by Gasteiger charge is 2.22. The zero-order valence-electron chi connectivity index (χ0n) is 15.1. The molecule has 2 aromatic rings. The number of carbonyl (C=O) groups excluding carboxylic acids is 2. The summed E-state index contributed by atoms with van der Waals surface area (Å²) in [7, 11) is 0. The average molecular weight is 351 g/mol. The molecule has 136 valence electrons. The first-order chi connectivity index (χ1) is 12.5. The molecule has 1 heterocycles. The van der Waals surface area contributed by atoms with Crippen molar-refractivity contribution in [2.75, 3.05) is 31.1 Å². The van der Waals surface area contributed by atoms with Crippen molar-refractivity contribution in [3.05, 3.63) is 65.2 Å². The Kier molecular flexibility index (Phi) is 5.26. The van der Waals surface area contributed by atoms with Crippen molar-refractivity contribution < 1.29 is 14.7 Å². The van der Waals surface area contributed by atoms with E-state index in [4.69, 9.17) is 0 Å². The molecule has 0 atom stereocenters. The van der Waals surface area contributed by atoms with E-state index in [1.165, 1.54) is 23.4 Å². The van der Waals surface area contributed by atoms with Crippen LogP contribution >= 0.6 is 0 Å². The highest BCUT2D eigenvalue weighted by atomic mass is 16.4. The largest absolute Gasteiger partial charge is 0.545 e. The van der Waals surface area contributed by atoms with Gasteiger partial charge in [-0.05, 0) is 41.3 Å². The molecule has 0 unspecified atom stereocenters. The van der Waals surface area contributed by atoms with Gasteiger partial charge in [-0.15, -0.1) is 0 Å². The number of amides is 1. The van der Waals surface area contributed by atoms with Crippen LogP contribution in [0.5, 0.6) is 0 Å². The molecule has 1 amide bonds. The number of carbonyl (C=O) groups is 2. The second kappa shape index (κ2) is 7.60. The quantitative estimate of drug-likeness (QED) is 0.847. The fourth-order valence-electron chi connectivity index (χ4n) is 3.17. The summed E-state index contributed by atoms with van der Waals surface area (Å²) >= 11 is 0. The third-order valence-electron chi connectivity index (χ3n) is 4.86. The molecule has 5 heteroatoms. The van der Waals surface area contributed by atoms with E-state index in [2.05, 4.69) is 43.0 Å². The van der Waals surface area contributed by atoms with Crippen molar-refractivity contribution in [1.82, 2.24) is 4.90 Å². The number of anilines is 1. The average Bonchev–Trinajstić information content (AvgIpc) is 2.67. The lowest BCUT2D eigenvalue weighted by Gasteiger charge is -2.36. The summed E-state index contributed by atoms with van der Waals surface area (Å²) < 4.78 is 0. The van der Waals surface area contributed by atoms with Crippen molar-refractivity contribution in [2.24, 2.45) is 0 Å². The summed E-state index contributed by atoms with van der Waals surface area (Å²) in [6, 6.07) is 14.5. The number of carboxylic acid groups (broad SMARTS) is 1. The molecule has 2 aromatic carbocycles. The van der Waals surface area contributed by atoms with Gasteiger partial charge in [0.15, 0.2) is 0 Å². The van der Waals surface area contributed by atoms with Crippen LogP contribution in [0.3, 0.4) is 0 Å². The Balaban J connectivity index is 1.60. The molecule has 1 aliphatic heterocycles. The highest BCUT2D eigenvalue weighted by Crippen LogP contribution is 2.21. The van der Waals surface area contributed by atoms with Gasteiger partial charge in [-0.25, -0.2) is 0 Å². The van der Waals surface area contributed by atoms with Gasteiger partial charge in [-0.1, -0.05) is 38.1 Å². The normalized spacial score (nSPS) is 14.6. The molecule has 0 spiro atoms. The number of benzene rings is 2. The number of carboxylic acids is 1. The summed E-state index contributed by atoms with van der Waals surface area (Å²) in [4.78, 5) is 27.5. The van der Waals surface area contributed by atoms with Crippen LogP contribution in [0.25, 0.3) is 0 Å². The Labute approximate surface area is 153 Å². The van der Waals surface area contributed by atoms with Crippen LogP contribution in [-0.4, -0.2) is 43.0 Å². The molecule has 0 aliphatic carbocycles. The molecule has 5 nitrogen and oxygen atoms in total. The van der Waals surface area contributed by atoms with Crippen LogP contribution in [0.1, 0.15) is 46.0 Å². The second-order valence-corrected chi connectivity index (χ2v) is 6.89. The lowest BCUT2D eigenvalue weighted by atomic mass is 10.0. The van der Waals surface area contributed by atoms with Gasteiger partial charge in [0.2, 0.25) is 0 Å². The number of hydrogen-bond donors (Lipinski definition) is 0. The van der Waals surface area contributed by atoms with Crippen LogP contribution in [0.15, 0.2) is 48.5 Å². The maximum Gasteiger partial charge on any atom is 0.253 e. The van der Waals surface area contributed by atoms with Gasteiger partial charge in [0, 0.05) is 37.4 Å². The maximum atomic E-state index is 12.6. The van der Waals surface area contributed by atoms with Crippen molar-refractivity contribution in [1.29, 1.82) is 0 Å². The predicted octanol–water partition coefficient (Wildman–Crippen LogP) is 2.14. The van der Waals surface area contributed by atoms with Crippen LogP contribution < -0.4 is 10.0 Å². The zero-order valence-corrected chi connectivity index (χ0v) is 15.1. The number of hydrogen-bond acceptors (Lipinski definition) is 4. The Morgan fingerprint density at radius 1 is 0.846 bits per heavy atom. The van der Waals surface area contributed by atoms with Gasteiger partial charge in [0.25, 0.3) is 5.91 Å². The van der Waals surface area contributed by atoms with E-state index >= 15 is 0 Å². The number of rotatable bonds is 4. The van der Waals surface area contributed by atoms with Crippen LogP contribution in [0.2, 0.25) is 0 Å². The number of piperazine rings is 1. The van der Waals surface area contributed by atoms with Crippen molar-refractivity contribution in [2.45, 2.75) is 19.8 Å². The molecule has 26 heavy (non-hydrogen) atoms. The smallest absolute Gasteiger partial charge is 0.253 e. The predicted molar refractivity (Wildman–Crippen MR) is 99.4 cm³/mol. The zero-order chi connectivity index (χ0) is 18.7. The van der Waals surface area contributed by atoms with E-state index in [1.807, 2.05) is 4.90 Å². The first-order valence-electron chi connectivity index (χ1n) is 8.91. The molecular weight excluding hydrogens is 328 g/mol. The summed E-state index contributed by atoms with van der Waals surface area (Å²) in [5.74, 6) is -0.785. The van der Waals surface area contributed by atoms with E-state index in [9.17, 15) is 14.7 Å². The highest BCUT2D eigenvalue weighted by molar-refractivity contribution is 5.95. The number of nitrogens with zero attached hydrogens (tertiary/aromatic N) is 2. The summed E-state index contributed by atoms with van der Waals surface area (Å²) in [5.41, 5.74) is 3.09. The minimum absolute atomic E-state index is 0.0651. The molecule has 0 bridgehead atoms. The second-order valence-electron chi connectivity index (χ2n) is 6.89. The number of aromatic carboxylic acids is 1. The first kappa shape index (κ1) is 18.0. The van der Waals surface area contributed by atoms with Gasteiger partial charge < -0.3 is 19.7 Å². The van der Waals surface area contributed by atoms with Crippen LogP contribution in [0.4, 0.5) is 5.69 Å². The van der Waals surface area contributed by atoms with Crippen LogP contribution in [0, 0.1) is 0 Å². The van der Waals surface area contributed by atoms with E-state index in [-0.39, 0.29) is 11.5 Å². The molecule has 1 aliphatic rings. The molecule has 0 radical (unpaired) electrons. The summed E-state index contributed by atoms with van der Waals surface area (Å²) in [5, 5.41) is 10.8. The van der Waals surface area contributed by atoms with Gasteiger partial charge in [0.1, 0.15) is 0 Å². The van der Waals surface area contributed by atoms with Gasteiger partial charge >= 0.3 is 0 Å². The molecule has 0 aromatic heterocycles. The fourth-order valence-corrected chi connectivity index (χ4v) is 3.17. The summed E-state index contributed by atoms with van der Waals surface area (Å²) in [6.45, 7) is 7.21. The van der Waals surface area contributed by atoms with E-state index in [0.29, 0.717) is 24.6 Å². The van der Waals surface area contributed by atoms with E-state index < -0.39 is 5.97 Å². The Bertz CT molecular complexity index is 774. The minimum Gasteiger partial charge on any atom is -0.545 e. The topological polar surface area (TPSA) is 63.7 Å². The molecule has 1 fully saturated rings. The molecule has 1 saturated heterocycles. The van der Waals surface area contributed by atoms with Crippen molar-refractivity contribution in [3.63, 3.8) is 0 Å². The molecule has 0 N–H and O–H groups in total. The standard InChI is InChI=1S/C21H24N2O3/c1-15(2)16-7-9-19(10-8-16)22-11-13-23(14-12-22)20(24)17-3-5-18(6-4-17)21(25)26/h3-10,15H,11-14H2,1-2H3,(H,25,26)/p-1. The molecule has 0 saturated carbocycles. The summed E-state index contributed by atoms with van der Waals surface area (Å²) in [6.07, 6.45) is 0. The lowest BCUT2D eigenvalue weighted by molar-refractivity contribution is -0.255.